The molecule has 0 atom stereocenters. The molecule has 9 heteroatoms. The van der Waals surface area contributed by atoms with Gasteiger partial charge in [0.1, 0.15) is 5.54 Å². The molecule has 0 bridgehead atoms. The van der Waals surface area contributed by atoms with E-state index in [9.17, 15) is 14.4 Å². The molecule has 2 aromatic carbocycles. The average molecular weight is 509 g/mol. The Hall–Kier alpha value is -4.53. The number of amides is 2. The summed E-state index contributed by atoms with van der Waals surface area (Å²) in [7, 11) is 0. The van der Waals surface area contributed by atoms with Gasteiger partial charge in [-0.3, -0.25) is 19.5 Å². The van der Waals surface area contributed by atoms with Crippen molar-refractivity contribution in [3.8, 4) is 0 Å². The molecule has 2 aliphatic rings. The molecule has 4 aromatic rings. The first-order valence-corrected chi connectivity index (χ1v) is 12.8. The number of hydrogen-bond acceptors (Lipinski definition) is 6. The van der Waals surface area contributed by atoms with Crippen LogP contribution in [0.5, 0.6) is 0 Å². The zero-order valence-electron chi connectivity index (χ0n) is 20.9. The molecule has 1 spiro atoms. The molecule has 192 valence electrons. The number of ketones is 1. The van der Waals surface area contributed by atoms with Gasteiger partial charge < -0.3 is 14.7 Å². The van der Waals surface area contributed by atoms with Crippen LogP contribution < -0.4 is 4.90 Å². The molecule has 6 rings (SSSR count). The lowest BCUT2D eigenvalue weighted by molar-refractivity contribution is -0.136. The fraction of sp³-hybridized carbons (Fsp3) is 0.276. The van der Waals surface area contributed by atoms with E-state index in [1.165, 1.54) is 0 Å². The van der Waals surface area contributed by atoms with Gasteiger partial charge in [0, 0.05) is 36.8 Å². The molecule has 38 heavy (non-hydrogen) atoms. The second kappa shape index (κ2) is 9.74. The van der Waals surface area contributed by atoms with Crippen LogP contribution in [0.2, 0.25) is 0 Å². The van der Waals surface area contributed by atoms with E-state index < -0.39 is 5.54 Å². The van der Waals surface area contributed by atoms with E-state index in [-0.39, 0.29) is 24.1 Å². The molecule has 0 saturated carbocycles. The number of nitrogens with zero attached hydrogens (tertiary/aromatic N) is 5. The number of aromatic nitrogens is 3. The summed E-state index contributed by atoms with van der Waals surface area (Å²) in [6.07, 6.45) is 4.46. The summed E-state index contributed by atoms with van der Waals surface area (Å²) in [5, 5.41) is 7.55. The maximum atomic E-state index is 13.9. The lowest BCUT2D eigenvalue weighted by Crippen LogP contribution is -2.57. The van der Waals surface area contributed by atoms with Crippen LogP contribution in [0.15, 0.2) is 79.1 Å². The van der Waals surface area contributed by atoms with Gasteiger partial charge in [0.15, 0.2) is 11.4 Å². The topological polar surface area (TPSA) is 102 Å². The van der Waals surface area contributed by atoms with Gasteiger partial charge in [-0.05, 0) is 36.6 Å². The highest BCUT2D eigenvalue weighted by Gasteiger charge is 2.54. The molecule has 9 nitrogen and oxygen atoms in total. The van der Waals surface area contributed by atoms with Gasteiger partial charge >= 0.3 is 0 Å². The van der Waals surface area contributed by atoms with Crippen molar-refractivity contribution in [1.82, 2.24) is 25.0 Å². The highest BCUT2D eigenvalue weighted by Crippen LogP contribution is 2.39. The first kappa shape index (κ1) is 23.8. The van der Waals surface area contributed by atoms with Crippen molar-refractivity contribution >= 4 is 34.3 Å². The summed E-state index contributed by atoms with van der Waals surface area (Å²) in [5.74, 6) is -0.150. The Kier molecular flexibility index (Phi) is 6.11. The largest absolute Gasteiger partial charge is 0.339 e. The average Bonchev–Trinajstić information content (AvgIpc) is 3.53. The number of hydrogen-bond donors (Lipinski definition) is 1. The number of pyridine rings is 1. The summed E-state index contributed by atoms with van der Waals surface area (Å²) in [5.41, 5.74) is 2.22. The van der Waals surface area contributed by atoms with Crippen molar-refractivity contribution in [1.29, 1.82) is 0 Å². The second-order valence-corrected chi connectivity index (χ2v) is 9.96. The molecule has 2 amide bonds. The van der Waals surface area contributed by atoms with Crippen LogP contribution in [-0.2, 0) is 16.0 Å². The molecular weight excluding hydrogens is 480 g/mol. The van der Waals surface area contributed by atoms with Crippen LogP contribution in [0, 0.1) is 0 Å². The lowest BCUT2D eigenvalue weighted by atomic mass is 9.85. The Morgan fingerprint density at radius 3 is 2.39 bits per heavy atom. The maximum Gasteiger partial charge on any atom is 0.255 e. The number of H-pyrrole nitrogens is 1. The van der Waals surface area contributed by atoms with Crippen LogP contribution in [-0.4, -0.2) is 74.4 Å². The van der Waals surface area contributed by atoms with Crippen molar-refractivity contribution in [3.63, 3.8) is 0 Å². The standard InChI is InChI=1S/C29H28N6O3/c36-25(15-21-7-3-1-4-8-21)19-34-20-35(24-9-5-2-6-10-24)29(28(34)38)11-13-33(14-12-29)27(37)23-16-22-18-31-32-26(22)30-17-23/h1-10,16-18H,11-15,19-20H2,(H,30,31,32). The van der Waals surface area contributed by atoms with Crippen LogP contribution in [0.25, 0.3) is 11.0 Å². The number of carbonyl (C=O) groups excluding carboxylic acids is 3. The molecule has 2 fully saturated rings. The Morgan fingerprint density at radius 1 is 0.947 bits per heavy atom. The highest BCUT2D eigenvalue weighted by atomic mass is 16.2. The maximum absolute atomic E-state index is 13.9. The molecule has 0 aliphatic carbocycles. The van der Waals surface area contributed by atoms with E-state index in [1.54, 1.807) is 28.3 Å². The van der Waals surface area contributed by atoms with Crippen LogP contribution >= 0.6 is 0 Å². The second-order valence-electron chi connectivity index (χ2n) is 9.96. The Bertz CT molecular complexity index is 1480. The third kappa shape index (κ3) is 4.30. The van der Waals surface area contributed by atoms with Crippen molar-refractivity contribution in [3.05, 3.63) is 90.3 Å². The molecule has 2 aliphatic heterocycles. The van der Waals surface area contributed by atoms with E-state index in [1.807, 2.05) is 60.7 Å². The van der Waals surface area contributed by atoms with Crippen LogP contribution in [0.4, 0.5) is 5.69 Å². The number of rotatable bonds is 6. The summed E-state index contributed by atoms with van der Waals surface area (Å²) in [6, 6.07) is 21.2. The predicted molar refractivity (Wildman–Crippen MR) is 142 cm³/mol. The number of piperidine rings is 1. The highest BCUT2D eigenvalue weighted by molar-refractivity contribution is 5.99. The van der Waals surface area contributed by atoms with E-state index >= 15 is 0 Å². The number of Topliss-reactive ketones (excluding diaryl/α,β-unsaturated/α-hetero) is 1. The summed E-state index contributed by atoms with van der Waals surface area (Å²) >= 11 is 0. The van der Waals surface area contributed by atoms with E-state index in [0.717, 1.165) is 16.6 Å². The Labute approximate surface area is 220 Å². The van der Waals surface area contributed by atoms with Gasteiger partial charge in [0.05, 0.1) is 25.0 Å². The monoisotopic (exact) mass is 508 g/mol. The number of anilines is 1. The summed E-state index contributed by atoms with van der Waals surface area (Å²) < 4.78 is 0. The molecule has 0 unspecified atom stereocenters. The molecule has 1 N–H and O–H groups in total. The summed E-state index contributed by atoms with van der Waals surface area (Å²) in [6.45, 7) is 1.28. The summed E-state index contributed by atoms with van der Waals surface area (Å²) in [4.78, 5) is 50.0. The SMILES string of the molecule is O=C(Cc1ccccc1)CN1CN(c2ccccc2)C2(CCN(C(=O)c3cnc4[nH]ncc4c3)CC2)C1=O. The molecule has 0 radical (unpaired) electrons. The van der Waals surface area contributed by atoms with Gasteiger partial charge in [-0.25, -0.2) is 4.98 Å². The number of nitrogens with one attached hydrogen (secondary N) is 1. The smallest absolute Gasteiger partial charge is 0.255 e. The van der Waals surface area contributed by atoms with Gasteiger partial charge in [-0.2, -0.15) is 5.10 Å². The van der Waals surface area contributed by atoms with E-state index in [2.05, 4.69) is 20.1 Å². The predicted octanol–water partition coefficient (Wildman–Crippen LogP) is 3.05. The van der Waals surface area contributed by atoms with Gasteiger partial charge in [-0.15, -0.1) is 0 Å². The van der Waals surface area contributed by atoms with Gasteiger partial charge in [-0.1, -0.05) is 48.5 Å². The molecule has 2 saturated heterocycles. The zero-order valence-corrected chi connectivity index (χ0v) is 20.9. The Balaban J connectivity index is 1.21. The number of fused-ring (bicyclic) bond motifs is 1. The first-order chi connectivity index (χ1) is 18.5. The molecular formula is C29H28N6O3. The Morgan fingerprint density at radius 2 is 1.66 bits per heavy atom. The van der Waals surface area contributed by atoms with Crippen molar-refractivity contribution < 1.29 is 14.4 Å². The first-order valence-electron chi connectivity index (χ1n) is 12.8. The van der Waals surface area contributed by atoms with E-state index in [0.29, 0.717) is 50.2 Å². The number of para-hydroxylation sites is 1. The number of likely N-dealkylation sites (tertiary alicyclic amines) is 1. The van der Waals surface area contributed by atoms with Gasteiger partial charge in [0.25, 0.3) is 5.91 Å². The van der Waals surface area contributed by atoms with Crippen molar-refractivity contribution in [2.75, 3.05) is 31.2 Å². The minimum absolute atomic E-state index is 0.00404. The fourth-order valence-corrected chi connectivity index (χ4v) is 5.63. The van der Waals surface area contributed by atoms with Gasteiger partial charge in [0.2, 0.25) is 5.91 Å². The fourth-order valence-electron chi connectivity index (χ4n) is 5.63. The number of carbonyl (C=O) groups is 3. The number of aromatic amines is 1. The minimum Gasteiger partial charge on any atom is -0.339 e. The van der Waals surface area contributed by atoms with Crippen LogP contribution in [0.3, 0.4) is 0 Å². The molecule has 2 aromatic heterocycles. The quantitative estimate of drug-likeness (QED) is 0.430. The third-order valence-corrected chi connectivity index (χ3v) is 7.61. The number of benzene rings is 2. The van der Waals surface area contributed by atoms with Crippen molar-refractivity contribution in [2.45, 2.75) is 24.8 Å². The minimum atomic E-state index is -0.794. The van der Waals surface area contributed by atoms with Crippen molar-refractivity contribution in [2.24, 2.45) is 0 Å². The molecule has 4 heterocycles. The zero-order chi connectivity index (χ0) is 26.1. The van der Waals surface area contributed by atoms with E-state index in [4.69, 9.17) is 0 Å². The lowest BCUT2D eigenvalue weighted by Gasteiger charge is -2.43. The third-order valence-electron chi connectivity index (χ3n) is 7.61. The normalized spacial score (nSPS) is 16.9. The van der Waals surface area contributed by atoms with Crippen LogP contribution in [0.1, 0.15) is 28.8 Å².